The maximum Gasteiger partial charge on any atom is 0.325 e. The fraction of sp³-hybridized carbons (Fsp3) is 0.933. The lowest BCUT2D eigenvalue weighted by Gasteiger charge is -2.27. The Morgan fingerprint density at radius 1 is 1.00 bits per heavy atom. The summed E-state index contributed by atoms with van der Waals surface area (Å²) in [6.07, 6.45) is -1.06. The lowest BCUT2D eigenvalue weighted by atomic mass is 10.0. The molecule has 0 fully saturated rings. The zero-order valence-corrected chi connectivity index (χ0v) is 14.0. The van der Waals surface area contributed by atoms with Crippen LogP contribution in [0, 0.1) is 0 Å². The van der Waals surface area contributed by atoms with E-state index in [1.807, 2.05) is 0 Å². The van der Waals surface area contributed by atoms with Crippen molar-refractivity contribution in [3.05, 3.63) is 0 Å². The van der Waals surface area contributed by atoms with Gasteiger partial charge in [-0.25, -0.2) is 0 Å². The molecule has 0 saturated heterocycles. The third-order valence-corrected chi connectivity index (χ3v) is 3.51. The Labute approximate surface area is 137 Å². The summed E-state index contributed by atoms with van der Waals surface area (Å²) in [6, 6.07) is 0. The maximum absolute atomic E-state index is 11.6. The molecular formula is C15H31NO7. The normalized spacial score (nSPS) is 16.9. The number of nitrogens with zero attached hydrogens (tertiary/aromatic N) is 1. The highest BCUT2D eigenvalue weighted by Crippen LogP contribution is 2.08. The topological polar surface area (TPSA) is 131 Å². The first-order valence-corrected chi connectivity index (χ1v) is 8.08. The zero-order chi connectivity index (χ0) is 17.8. The van der Waals surface area contributed by atoms with Gasteiger partial charge >= 0.3 is 5.97 Å². The first-order chi connectivity index (χ1) is 10.8. The Bertz CT molecular complexity index is 316. The number of carbonyl (C=O) groups excluding carboxylic acids is 1. The van der Waals surface area contributed by atoms with E-state index in [1.54, 1.807) is 0 Å². The van der Waals surface area contributed by atoms with Crippen molar-refractivity contribution in [1.29, 1.82) is 0 Å². The highest BCUT2D eigenvalue weighted by molar-refractivity contribution is 5.68. The molecule has 8 nitrogen and oxygen atoms in total. The van der Waals surface area contributed by atoms with Crippen molar-refractivity contribution in [3.63, 3.8) is 0 Å². The summed E-state index contributed by atoms with van der Waals surface area (Å²) in [5, 5.41) is 47.9. The van der Waals surface area contributed by atoms with Gasteiger partial charge in [-0.1, -0.05) is 32.6 Å². The number of hydrogen-bond donors (Lipinski definition) is 5. The summed E-state index contributed by atoms with van der Waals surface area (Å²) >= 11 is 0. The number of likely N-dealkylation sites (N-methyl/N-ethyl adjacent to an activating group) is 1. The van der Waals surface area contributed by atoms with Crippen LogP contribution in [0.25, 0.3) is 0 Å². The minimum absolute atomic E-state index is 0.238. The fourth-order valence-corrected chi connectivity index (χ4v) is 2.06. The molecule has 0 bridgehead atoms. The van der Waals surface area contributed by atoms with Crippen LogP contribution in [-0.2, 0) is 9.63 Å². The molecule has 8 heteroatoms. The third-order valence-electron chi connectivity index (χ3n) is 3.51. The van der Waals surface area contributed by atoms with Gasteiger partial charge in [0.2, 0.25) is 0 Å². The summed E-state index contributed by atoms with van der Waals surface area (Å²) < 4.78 is 0. The molecule has 0 aromatic rings. The quantitative estimate of drug-likeness (QED) is 0.217. The second kappa shape index (κ2) is 12.6. The summed E-state index contributed by atoms with van der Waals surface area (Å²) in [4.78, 5) is 16.6. The highest BCUT2D eigenvalue weighted by atomic mass is 16.7. The molecule has 0 spiro atoms. The Balaban J connectivity index is 4.02. The maximum atomic E-state index is 11.6. The zero-order valence-electron chi connectivity index (χ0n) is 14.0. The average Bonchev–Trinajstić information content (AvgIpc) is 2.52. The molecule has 0 amide bonds. The van der Waals surface area contributed by atoms with Gasteiger partial charge in [-0.15, -0.1) is 5.06 Å². The molecule has 0 aliphatic carbocycles. The fourth-order valence-electron chi connectivity index (χ4n) is 2.06. The van der Waals surface area contributed by atoms with Crippen molar-refractivity contribution in [2.75, 3.05) is 20.2 Å². The molecule has 0 saturated carbocycles. The van der Waals surface area contributed by atoms with E-state index in [1.165, 1.54) is 7.05 Å². The van der Waals surface area contributed by atoms with Crippen LogP contribution in [0.3, 0.4) is 0 Å². The molecule has 0 heterocycles. The van der Waals surface area contributed by atoms with Crippen LogP contribution in [0.5, 0.6) is 0 Å². The monoisotopic (exact) mass is 337 g/mol. The molecule has 0 aromatic carbocycles. The van der Waals surface area contributed by atoms with Gasteiger partial charge < -0.3 is 30.4 Å². The first kappa shape index (κ1) is 22.2. The molecule has 23 heavy (non-hydrogen) atoms. The van der Waals surface area contributed by atoms with Gasteiger partial charge in [-0.05, 0) is 6.42 Å². The van der Waals surface area contributed by atoms with E-state index in [0.29, 0.717) is 0 Å². The van der Waals surface area contributed by atoms with Crippen LogP contribution in [0.15, 0.2) is 0 Å². The molecule has 0 rings (SSSR count). The van der Waals surface area contributed by atoms with Gasteiger partial charge in [0, 0.05) is 13.5 Å². The van der Waals surface area contributed by atoms with E-state index in [9.17, 15) is 25.2 Å². The number of hydrogen-bond acceptors (Lipinski definition) is 8. The van der Waals surface area contributed by atoms with Crippen molar-refractivity contribution in [2.24, 2.45) is 0 Å². The van der Waals surface area contributed by atoms with Crippen molar-refractivity contribution in [1.82, 2.24) is 5.06 Å². The van der Waals surface area contributed by atoms with Gasteiger partial charge in [0.25, 0.3) is 0 Å². The minimum Gasteiger partial charge on any atom is -0.394 e. The van der Waals surface area contributed by atoms with Crippen molar-refractivity contribution in [3.8, 4) is 0 Å². The van der Waals surface area contributed by atoms with E-state index >= 15 is 0 Å². The average molecular weight is 337 g/mol. The van der Waals surface area contributed by atoms with Crippen molar-refractivity contribution < 1.29 is 35.2 Å². The van der Waals surface area contributed by atoms with E-state index in [0.717, 1.165) is 37.2 Å². The standard InChI is InChI=1S/C15H31NO7/c1-3-4-5-6-7-8-13(20)23-16(2)9-11(18)14(21)15(22)12(19)10-17/h11-12,14-15,17-19,21-22H,3-10H2,1-2H3. The SMILES string of the molecule is CCCCCCCC(=O)ON(C)CC(O)C(O)C(O)C(O)CO. The van der Waals surface area contributed by atoms with Crippen LogP contribution >= 0.6 is 0 Å². The van der Waals surface area contributed by atoms with Crippen molar-refractivity contribution in [2.45, 2.75) is 69.9 Å². The molecule has 4 unspecified atom stereocenters. The Morgan fingerprint density at radius 3 is 2.13 bits per heavy atom. The lowest BCUT2D eigenvalue weighted by molar-refractivity contribution is -0.196. The van der Waals surface area contributed by atoms with Crippen molar-refractivity contribution >= 4 is 5.97 Å². The van der Waals surface area contributed by atoms with Gasteiger partial charge in [0.1, 0.15) is 18.3 Å². The second-order valence-corrected chi connectivity index (χ2v) is 5.74. The summed E-state index contributed by atoms with van der Waals surface area (Å²) in [7, 11) is 1.42. The number of rotatable bonds is 13. The minimum atomic E-state index is -1.70. The summed E-state index contributed by atoms with van der Waals surface area (Å²) in [5.41, 5.74) is 0. The molecule has 0 aliphatic heterocycles. The van der Waals surface area contributed by atoms with Gasteiger partial charge in [0.15, 0.2) is 0 Å². The van der Waals surface area contributed by atoms with E-state index in [-0.39, 0.29) is 13.0 Å². The largest absolute Gasteiger partial charge is 0.394 e. The Morgan fingerprint density at radius 2 is 1.57 bits per heavy atom. The number of aliphatic hydroxyl groups excluding tert-OH is 5. The molecule has 138 valence electrons. The number of aliphatic hydroxyl groups is 5. The Kier molecular flexibility index (Phi) is 12.2. The van der Waals surface area contributed by atoms with Gasteiger partial charge in [0.05, 0.1) is 19.3 Å². The predicted molar refractivity (Wildman–Crippen MR) is 83.2 cm³/mol. The first-order valence-electron chi connectivity index (χ1n) is 8.08. The molecule has 0 aromatic heterocycles. The van der Waals surface area contributed by atoms with Crippen LogP contribution < -0.4 is 0 Å². The van der Waals surface area contributed by atoms with E-state index < -0.39 is 37.0 Å². The van der Waals surface area contributed by atoms with E-state index in [4.69, 9.17) is 9.94 Å². The molecule has 4 atom stereocenters. The number of hydroxylamine groups is 2. The summed E-state index contributed by atoms with van der Waals surface area (Å²) in [5.74, 6) is -0.429. The van der Waals surface area contributed by atoms with Crippen LogP contribution in [0.4, 0.5) is 0 Å². The second-order valence-electron chi connectivity index (χ2n) is 5.74. The molecule has 0 aliphatic rings. The number of carbonyl (C=O) groups is 1. The van der Waals surface area contributed by atoms with Gasteiger partial charge in [-0.3, -0.25) is 4.79 Å². The predicted octanol–water partition coefficient (Wildman–Crippen LogP) is -0.827. The van der Waals surface area contributed by atoms with Crippen LogP contribution in [0.1, 0.15) is 45.4 Å². The van der Waals surface area contributed by atoms with Crippen LogP contribution in [-0.4, -0.2) is 81.2 Å². The highest BCUT2D eigenvalue weighted by Gasteiger charge is 2.31. The molecule has 0 radical (unpaired) electrons. The molecular weight excluding hydrogens is 306 g/mol. The van der Waals surface area contributed by atoms with E-state index in [2.05, 4.69) is 6.92 Å². The lowest BCUT2D eigenvalue weighted by Crippen LogP contribution is -2.49. The Hall–Kier alpha value is -0.770. The number of unbranched alkanes of at least 4 members (excludes halogenated alkanes) is 4. The van der Waals surface area contributed by atoms with Gasteiger partial charge in [-0.2, -0.15) is 0 Å². The molecule has 5 N–H and O–H groups in total. The smallest absolute Gasteiger partial charge is 0.325 e. The van der Waals surface area contributed by atoms with Crippen LogP contribution in [0.2, 0.25) is 0 Å². The summed E-state index contributed by atoms with van der Waals surface area (Å²) in [6.45, 7) is 1.13. The third kappa shape index (κ3) is 9.85.